The second-order valence-electron chi connectivity index (χ2n) is 4.61. The van der Waals surface area contributed by atoms with E-state index in [1.807, 2.05) is 37.4 Å². The first-order chi connectivity index (χ1) is 7.14. The van der Waals surface area contributed by atoms with Crippen LogP contribution < -0.4 is 10.1 Å². The SMILES string of the molecule is CNCC(C)(C)CCOc1ccccc1. The Hall–Kier alpha value is -1.02. The molecule has 2 heteroatoms. The summed E-state index contributed by atoms with van der Waals surface area (Å²) in [6.45, 7) is 6.29. The van der Waals surface area contributed by atoms with Crippen molar-refractivity contribution in [2.45, 2.75) is 20.3 Å². The Labute approximate surface area is 92.6 Å². The highest BCUT2D eigenvalue weighted by Crippen LogP contribution is 2.19. The molecule has 0 heterocycles. The zero-order valence-corrected chi connectivity index (χ0v) is 9.92. The van der Waals surface area contributed by atoms with Gasteiger partial charge in [-0.2, -0.15) is 0 Å². The van der Waals surface area contributed by atoms with Crippen molar-refractivity contribution in [3.8, 4) is 5.75 Å². The Kier molecular flexibility index (Phi) is 4.63. The van der Waals surface area contributed by atoms with Gasteiger partial charge in [-0.1, -0.05) is 32.0 Å². The number of nitrogens with one attached hydrogen (secondary N) is 1. The van der Waals surface area contributed by atoms with Gasteiger partial charge >= 0.3 is 0 Å². The predicted molar refractivity (Wildman–Crippen MR) is 64.3 cm³/mol. The lowest BCUT2D eigenvalue weighted by atomic mass is 9.90. The standard InChI is InChI=1S/C13H21NO/c1-13(2,11-14-3)9-10-15-12-7-5-4-6-8-12/h4-8,14H,9-11H2,1-3H3. The fourth-order valence-electron chi connectivity index (χ4n) is 1.53. The minimum Gasteiger partial charge on any atom is -0.494 e. The second kappa shape index (κ2) is 5.76. The highest BCUT2D eigenvalue weighted by Gasteiger charge is 2.16. The fraction of sp³-hybridized carbons (Fsp3) is 0.538. The van der Waals surface area contributed by atoms with Gasteiger partial charge < -0.3 is 10.1 Å². The van der Waals surface area contributed by atoms with Gasteiger partial charge in [-0.15, -0.1) is 0 Å². The molecule has 0 atom stereocenters. The normalized spacial score (nSPS) is 11.4. The van der Waals surface area contributed by atoms with Gasteiger partial charge in [0, 0.05) is 6.54 Å². The van der Waals surface area contributed by atoms with Crippen LogP contribution in [0.15, 0.2) is 30.3 Å². The number of rotatable bonds is 6. The molecule has 0 aliphatic carbocycles. The van der Waals surface area contributed by atoms with Crippen molar-refractivity contribution in [2.75, 3.05) is 20.2 Å². The van der Waals surface area contributed by atoms with Crippen molar-refractivity contribution in [2.24, 2.45) is 5.41 Å². The van der Waals surface area contributed by atoms with E-state index < -0.39 is 0 Å². The molecule has 2 nitrogen and oxygen atoms in total. The van der Waals surface area contributed by atoms with Crippen LogP contribution in [-0.2, 0) is 0 Å². The van der Waals surface area contributed by atoms with Crippen LogP contribution in [0.4, 0.5) is 0 Å². The van der Waals surface area contributed by atoms with E-state index in [9.17, 15) is 0 Å². The van der Waals surface area contributed by atoms with Crippen LogP contribution in [-0.4, -0.2) is 20.2 Å². The van der Waals surface area contributed by atoms with E-state index in [0.29, 0.717) is 5.41 Å². The zero-order chi connectivity index (χ0) is 11.1. The van der Waals surface area contributed by atoms with Crippen LogP contribution in [0.5, 0.6) is 5.75 Å². The molecule has 0 saturated carbocycles. The molecule has 0 bridgehead atoms. The minimum absolute atomic E-state index is 0.295. The average Bonchev–Trinajstić information content (AvgIpc) is 2.19. The molecule has 0 spiro atoms. The first-order valence-electron chi connectivity index (χ1n) is 5.46. The monoisotopic (exact) mass is 207 g/mol. The molecule has 0 fully saturated rings. The van der Waals surface area contributed by atoms with Gasteiger partial charge in [0.15, 0.2) is 0 Å². The van der Waals surface area contributed by atoms with Gasteiger partial charge in [0.1, 0.15) is 5.75 Å². The van der Waals surface area contributed by atoms with Crippen LogP contribution >= 0.6 is 0 Å². The molecule has 15 heavy (non-hydrogen) atoms. The number of para-hydroxylation sites is 1. The maximum absolute atomic E-state index is 5.66. The Balaban J connectivity index is 2.27. The van der Waals surface area contributed by atoms with Gasteiger partial charge in [0.25, 0.3) is 0 Å². The van der Waals surface area contributed by atoms with Crippen molar-refractivity contribution in [3.63, 3.8) is 0 Å². The quantitative estimate of drug-likeness (QED) is 0.774. The summed E-state index contributed by atoms with van der Waals surface area (Å²) in [5, 5.41) is 3.20. The largest absolute Gasteiger partial charge is 0.494 e. The Morgan fingerprint density at radius 3 is 2.47 bits per heavy atom. The summed E-state index contributed by atoms with van der Waals surface area (Å²) in [5.41, 5.74) is 0.295. The molecule has 0 aliphatic heterocycles. The molecule has 1 rings (SSSR count). The van der Waals surface area contributed by atoms with E-state index in [0.717, 1.165) is 25.3 Å². The smallest absolute Gasteiger partial charge is 0.119 e. The molecule has 0 amide bonds. The highest BCUT2D eigenvalue weighted by molar-refractivity contribution is 5.20. The molecule has 84 valence electrons. The van der Waals surface area contributed by atoms with Gasteiger partial charge in [0.05, 0.1) is 6.61 Å². The van der Waals surface area contributed by atoms with Gasteiger partial charge in [-0.25, -0.2) is 0 Å². The van der Waals surface area contributed by atoms with E-state index in [1.54, 1.807) is 0 Å². The van der Waals surface area contributed by atoms with E-state index in [2.05, 4.69) is 19.2 Å². The Morgan fingerprint density at radius 2 is 1.87 bits per heavy atom. The van der Waals surface area contributed by atoms with E-state index >= 15 is 0 Å². The highest BCUT2D eigenvalue weighted by atomic mass is 16.5. The zero-order valence-electron chi connectivity index (χ0n) is 9.92. The van der Waals surface area contributed by atoms with E-state index in [4.69, 9.17) is 4.74 Å². The number of ether oxygens (including phenoxy) is 1. The first-order valence-corrected chi connectivity index (χ1v) is 5.46. The van der Waals surface area contributed by atoms with E-state index in [1.165, 1.54) is 0 Å². The summed E-state index contributed by atoms with van der Waals surface area (Å²) < 4.78 is 5.66. The van der Waals surface area contributed by atoms with Crippen LogP contribution in [0.2, 0.25) is 0 Å². The lowest BCUT2D eigenvalue weighted by Gasteiger charge is -2.23. The number of benzene rings is 1. The summed E-state index contributed by atoms with van der Waals surface area (Å²) >= 11 is 0. The molecule has 1 aromatic rings. The van der Waals surface area contributed by atoms with Crippen molar-refractivity contribution in [3.05, 3.63) is 30.3 Å². The summed E-state index contributed by atoms with van der Waals surface area (Å²) in [6, 6.07) is 9.97. The Morgan fingerprint density at radius 1 is 1.20 bits per heavy atom. The van der Waals surface area contributed by atoms with Gasteiger partial charge in [0.2, 0.25) is 0 Å². The number of hydrogen-bond donors (Lipinski definition) is 1. The lowest BCUT2D eigenvalue weighted by molar-refractivity contribution is 0.225. The van der Waals surface area contributed by atoms with Gasteiger partial charge in [-0.05, 0) is 31.0 Å². The maximum atomic E-state index is 5.66. The van der Waals surface area contributed by atoms with Crippen LogP contribution in [0.1, 0.15) is 20.3 Å². The molecular formula is C13H21NO. The lowest BCUT2D eigenvalue weighted by Crippen LogP contribution is -2.28. The minimum atomic E-state index is 0.295. The Bertz CT molecular complexity index is 269. The summed E-state index contributed by atoms with van der Waals surface area (Å²) in [6.07, 6.45) is 1.06. The van der Waals surface area contributed by atoms with Crippen molar-refractivity contribution in [1.82, 2.24) is 5.32 Å². The third kappa shape index (κ3) is 4.84. The average molecular weight is 207 g/mol. The van der Waals surface area contributed by atoms with Crippen LogP contribution in [0, 0.1) is 5.41 Å². The summed E-state index contributed by atoms with van der Waals surface area (Å²) in [4.78, 5) is 0. The molecule has 0 aliphatic rings. The van der Waals surface area contributed by atoms with Crippen molar-refractivity contribution < 1.29 is 4.74 Å². The first kappa shape index (κ1) is 12.1. The van der Waals surface area contributed by atoms with Crippen molar-refractivity contribution >= 4 is 0 Å². The third-order valence-corrected chi connectivity index (χ3v) is 2.45. The summed E-state index contributed by atoms with van der Waals surface area (Å²) in [5.74, 6) is 0.956. The van der Waals surface area contributed by atoms with Gasteiger partial charge in [-0.3, -0.25) is 0 Å². The third-order valence-electron chi connectivity index (χ3n) is 2.45. The predicted octanol–water partition coefficient (Wildman–Crippen LogP) is 2.70. The molecule has 0 saturated heterocycles. The van der Waals surface area contributed by atoms with Crippen LogP contribution in [0.25, 0.3) is 0 Å². The van der Waals surface area contributed by atoms with Crippen LogP contribution in [0.3, 0.4) is 0 Å². The molecule has 1 aromatic carbocycles. The number of hydrogen-bond acceptors (Lipinski definition) is 2. The summed E-state index contributed by atoms with van der Waals surface area (Å²) in [7, 11) is 1.99. The molecule has 1 N–H and O–H groups in total. The fourth-order valence-corrected chi connectivity index (χ4v) is 1.53. The molecule has 0 unspecified atom stereocenters. The van der Waals surface area contributed by atoms with Crippen molar-refractivity contribution in [1.29, 1.82) is 0 Å². The molecule has 0 aromatic heterocycles. The topological polar surface area (TPSA) is 21.3 Å². The molecular weight excluding hydrogens is 186 g/mol. The second-order valence-corrected chi connectivity index (χ2v) is 4.61. The maximum Gasteiger partial charge on any atom is 0.119 e. The van der Waals surface area contributed by atoms with E-state index in [-0.39, 0.29) is 0 Å². The molecule has 0 radical (unpaired) electrons.